The Labute approximate surface area is 143 Å². The maximum absolute atomic E-state index is 12.2. The van der Waals surface area contributed by atoms with E-state index in [1.807, 2.05) is 0 Å². The number of halogens is 3. The Hall–Kier alpha value is -2.00. The summed E-state index contributed by atoms with van der Waals surface area (Å²) in [6, 6.07) is -0.908. The highest BCUT2D eigenvalue weighted by atomic mass is 19.4. The van der Waals surface area contributed by atoms with Crippen molar-refractivity contribution in [1.29, 1.82) is 0 Å². The predicted octanol–water partition coefficient (Wildman–Crippen LogP) is 1.85. The van der Waals surface area contributed by atoms with Crippen LogP contribution < -0.4 is 5.32 Å². The first-order chi connectivity index (χ1) is 11.5. The molecule has 1 saturated heterocycles. The van der Waals surface area contributed by atoms with Crippen LogP contribution in [0.15, 0.2) is 0 Å². The minimum absolute atomic E-state index is 0.00628. The Morgan fingerprint density at radius 2 is 1.88 bits per heavy atom. The second kappa shape index (κ2) is 8.91. The van der Waals surface area contributed by atoms with Crippen molar-refractivity contribution in [2.45, 2.75) is 51.9 Å². The summed E-state index contributed by atoms with van der Waals surface area (Å²) in [7, 11) is 0. The molecule has 0 radical (unpaired) electrons. The lowest BCUT2D eigenvalue weighted by molar-refractivity contribution is -0.162. The molecule has 2 amide bonds. The Kier molecular flexibility index (Phi) is 7.50. The zero-order valence-electron chi connectivity index (χ0n) is 14.4. The first kappa shape index (κ1) is 21.0. The standard InChI is InChI=1S/C15H23F3N2O5/c1-9(2)25-13(22)10(3)7-19-12(21)11-5-4-6-20(11)14(23)24-8-15(16,17)18/h9-11H,4-8H2,1-3H3,(H,19,21)/t10-,11+/m1/s1. The third kappa shape index (κ3) is 7.18. The maximum Gasteiger partial charge on any atom is 0.422 e. The number of esters is 1. The normalized spacial score (nSPS) is 18.8. The quantitative estimate of drug-likeness (QED) is 0.724. The summed E-state index contributed by atoms with van der Waals surface area (Å²) in [4.78, 5) is 36.5. The lowest BCUT2D eigenvalue weighted by atomic mass is 10.1. The molecule has 0 aromatic carbocycles. The number of hydrogen-bond acceptors (Lipinski definition) is 5. The number of rotatable bonds is 6. The van der Waals surface area contributed by atoms with Crippen LogP contribution in [0.4, 0.5) is 18.0 Å². The average molecular weight is 368 g/mol. The molecule has 7 nitrogen and oxygen atoms in total. The van der Waals surface area contributed by atoms with E-state index in [1.165, 1.54) is 0 Å². The van der Waals surface area contributed by atoms with Crippen LogP contribution in [0.1, 0.15) is 33.6 Å². The van der Waals surface area contributed by atoms with Gasteiger partial charge in [-0.15, -0.1) is 0 Å². The molecule has 0 aromatic rings. The molecule has 0 unspecified atom stereocenters. The second-order valence-electron chi connectivity index (χ2n) is 6.15. The van der Waals surface area contributed by atoms with Crippen molar-refractivity contribution in [3.8, 4) is 0 Å². The van der Waals surface area contributed by atoms with Crippen molar-refractivity contribution in [3.05, 3.63) is 0 Å². The molecule has 0 aliphatic carbocycles. The van der Waals surface area contributed by atoms with Gasteiger partial charge in [-0.05, 0) is 26.7 Å². The highest BCUT2D eigenvalue weighted by Gasteiger charge is 2.37. The summed E-state index contributed by atoms with van der Waals surface area (Å²) >= 11 is 0. The molecule has 0 bridgehead atoms. The Balaban J connectivity index is 2.50. The Morgan fingerprint density at radius 1 is 1.24 bits per heavy atom. The summed E-state index contributed by atoms with van der Waals surface area (Å²) < 4.78 is 45.5. The van der Waals surface area contributed by atoms with E-state index in [4.69, 9.17) is 4.74 Å². The van der Waals surface area contributed by atoms with E-state index < -0.39 is 42.7 Å². The fraction of sp³-hybridized carbons (Fsp3) is 0.800. The molecule has 1 heterocycles. The number of nitrogens with zero attached hydrogens (tertiary/aromatic N) is 1. The zero-order chi connectivity index (χ0) is 19.2. The number of nitrogens with one attached hydrogen (secondary N) is 1. The number of carbonyl (C=O) groups excluding carboxylic acids is 3. The fourth-order valence-corrected chi connectivity index (χ4v) is 2.29. The van der Waals surface area contributed by atoms with Gasteiger partial charge in [-0.1, -0.05) is 6.92 Å². The van der Waals surface area contributed by atoms with E-state index in [0.29, 0.717) is 12.8 Å². The predicted molar refractivity (Wildman–Crippen MR) is 80.5 cm³/mol. The third-order valence-electron chi connectivity index (χ3n) is 3.49. The van der Waals surface area contributed by atoms with Crippen LogP contribution in [0, 0.1) is 5.92 Å². The number of alkyl halides is 3. The molecule has 10 heteroatoms. The summed E-state index contributed by atoms with van der Waals surface area (Å²) in [5.41, 5.74) is 0. The maximum atomic E-state index is 12.2. The van der Waals surface area contributed by atoms with E-state index in [9.17, 15) is 27.6 Å². The Morgan fingerprint density at radius 3 is 2.44 bits per heavy atom. The first-order valence-electron chi connectivity index (χ1n) is 7.99. The largest absolute Gasteiger partial charge is 0.463 e. The van der Waals surface area contributed by atoms with Crippen molar-refractivity contribution in [1.82, 2.24) is 10.2 Å². The van der Waals surface area contributed by atoms with E-state index in [0.717, 1.165) is 4.90 Å². The molecule has 0 spiro atoms. The van der Waals surface area contributed by atoms with Crippen molar-refractivity contribution in [2.75, 3.05) is 19.7 Å². The molecule has 144 valence electrons. The van der Waals surface area contributed by atoms with E-state index >= 15 is 0 Å². The van der Waals surface area contributed by atoms with Gasteiger partial charge < -0.3 is 14.8 Å². The zero-order valence-corrected chi connectivity index (χ0v) is 14.4. The van der Waals surface area contributed by atoms with E-state index in [-0.39, 0.29) is 19.2 Å². The van der Waals surface area contributed by atoms with Crippen molar-refractivity contribution in [3.63, 3.8) is 0 Å². The van der Waals surface area contributed by atoms with Gasteiger partial charge in [-0.2, -0.15) is 13.2 Å². The highest BCUT2D eigenvalue weighted by molar-refractivity contribution is 5.86. The molecule has 25 heavy (non-hydrogen) atoms. The van der Waals surface area contributed by atoms with E-state index in [1.54, 1.807) is 20.8 Å². The first-order valence-corrected chi connectivity index (χ1v) is 7.99. The lowest BCUT2D eigenvalue weighted by Crippen LogP contribution is -2.48. The highest BCUT2D eigenvalue weighted by Crippen LogP contribution is 2.21. The molecule has 1 aliphatic rings. The SMILES string of the molecule is CC(C)OC(=O)[C@H](C)CNC(=O)[C@@H]1CCCN1C(=O)OCC(F)(F)F. The molecular weight excluding hydrogens is 345 g/mol. The number of ether oxygens (including phenoxy) is 2. The molecule has 0 saturated carbocycles. The van der Waals surface area contributed by atoms with Crippen LogP contribution in [0.25, 0.3) is 0 Å². The molecule has 1 N–H and O–H groups in total. The smallest absolute Gasteiger partial charge is 0.422 e. The summed E-state index contributed by atoms with van der Waals surface area (Å²) in [5.74, 6) is -1.59. The van der Waals surface area contributed by atoms with Gasteiger partial charge in [0, 0.05) is 13.1 Å². The monoisotopic (exact) mass is 368 g/mol. The molecule has 1 aliphatic heterocycles. The third-order valence-corrected chi connectivity index (χ3v) is 3.49. The minimum atomic E-state index is -4.63. The van der Waals surface area contributed by atoms with Gasteiger partial charge in [0.05, 0.1) is 12.0 Å². The fourth-order valence-electron chi connectivity index (χ4n) is 2.29. The van der Waals surface area contributed by atoms with Crippen LogP contribution in [-0.4, -0.2) is 60.9 Å². The van der Waals surface area contributed by atoms with Crippen molar-refractivity contribution >= 4 is 18.0 Å². The van der Waals surface area contributed by atoms with Crippen molar-refractivity contribution in [2.24, 2.45) is 5.92 Å². The number of carbonyl (C=O) groups is 3. The Bertz CT molecular complexity index is 496. The summed E-state index contributed by atoms with van der Waals surface area (Å²) in [6.07, 6.45) is -5.29. The second-order valence-corrected chi connectivity index (χ2v) is 6.15. The minimum Gasteiger partial charge on any atom is -0.463 e. The number of amides is 2. The summed E-state index contributed by atoms with van der Waals surface area (Å²) in [6.45, 7) is 3.42. The lowest BCUT2D eigenvalue weighted by Gasteiger charge is -2.24. The van der Waals surface area contributed by atoms with Crippen molar-refractivity contribution < 1.29 is 37.0 Å². The van der Waals surface area contributed by atoms with Gasteiger partial charge >= 0.3 is 18.2 Å². The topological polar surface area (TPSA) is 84.9 Å². The number of likely N-dealkylation sites (tertiary alicyclic amines) is 1. The van der Waals surface area contributed by atoms with Gasteiger partial charge in [0.1, 0.15) is 6.04 Å². The molecular formula is C15H23F3N2O5. The van der Waals surface area contributed by atoms with Crippen LogP contribution in [0.2, 0.25) is 0 Å². The van der Waals surface area contributed by atoms with Gasteiger partial charge in [0.15, 0.2) is 6.61 Å². The van der Waals surface area contributed by atoms with Crippen LogP contribution in [0.3, 0.4) is 0 Å². The van der Waals surface area contributed by atoms with Crippen LogP contribution >= 0.6 is 0 Å². The van der Waals surface area contributed by atoms with Crippen LogP contribution in [-0.2, 0) is 19.1 Å². The average Bonchev–Trinajstić information content (AvgIpc) is 2.98. The molecule has 2 atom stereocenters. The van der Waals surface area contributed by atoms with E-state index in [2.05, 4.69) is 10.1 Å². The number of hydrogen-bond donors (Lipinski definition) is 1. The molecule has 0 aromatic heterocycles. The van der Waals surface area contributed by atoms with Gasteiger partial charge in [0.2, 0.25) is 5.91 Å². The van der Waals surface area contributed by atoms with Crippen LogP contribution in [0.5, 0.6) is 0 Å². The molecule has 1 rings (SSSR count). The van der Waals surface area contributed by atoms with Gasteiger partial charge in [0.25, 0.3) is 0 Å². The van der Waals surface area contributed by atoms with Gasteiger partial charge in [-0.3, -0.25) is 14.5 Å². The van der Waals surface area contributed by atoms with Gasteiger partial charge in [-0.25, -0.2) is 4.79 Å². The summed E-state index contributed by atoms with van der Waals surface area (Å²) in [5, 5.41) is 2.52. The molecule has 1 fully saturated rings.